The van der Waals surface area contributed by atoms with Crippen LogP contribution in [0.4, 0.5) is 77.9 Å². The number of carbonyl (C=O) groups excluding carboxylic acids is 4. The number of amides is 3. The molecule has 0 saturated carbocycles. The highest BCUT2D eigenvalue weighted by Gasteiger charge is 2.41. The van der Waals surface area contributed by atoms with Gasteiger partial charge in [-0.15, -0.1) is 0 Å². The molecule has 7 N–H and O–H groups in total. The Bertz CT molecular complexity index is 7230. The number of fused-ring (bicyclic) bond motifs is 3. The molecule has 0 saturated heterocycles. The number of ether oxygens (including phenoxy) is 2. The van der Waals surface area contributed by atoms with E-state index in [2.05, 4.69) is 36.6 Å². The van der Waals surface area contributed by atoms with Crippen molar-refractivity contribution in [2.24, 2.45) is 21.1 Å². The number of halogens is 9. The lowest BCUT2D eigenvalue weighted by atomic mass is 10.1. The largest absolute Gasteiger partial charge is 0.490 e. The fourth-order valence-corrected chi connectivity index (χ4v) is 15.8. The highest BCUT2D eigenvalue weighted by atomic mass is 127. The summed E-state index contributed by atoms with van der Waals surface area (Å²) in [5.74, 6) is -5.24. The van der Waals surface area contributed by atoms with Crippen molar-refractivity contribution in [3.05, 3.63) is 302 Å². The molecule has 13 rings (SSSR count). The number of pyridine rings is 3. The molecule has 0 fully saturated rings. The van der Waals surface area contributed by atoms with Crippen molar-refractivity contribution in [3.63, 3.8) is 0 Å². The van der Waals surface area contributed by atoms with Gasteiger partial charge in [0.2, 0.25) is 17.7 Å². The van der Waals surface area contributed by atoms with Crippen LogP contribution in [0.1, 0.15) is 81.5 Å². The molecule has 3 amide bonds. The zero-order valence-electron chi connectivity index (χ0n) is 71.2. The molecule has 13 aromatic rings. The summed E-state index contributed by atoms with van der Waals surface area (Å²) in [5.41, 5.74) is -2.42. The third-order valence-electron chi connectivity index (χ3n) is 20.6. The van der Waals surface area contributed by atoms with Crippen LogP contribution in [0.15, 0.2) is 201 Å². The average Bonchev–Trinajstić information content (AvgIpc) is 0.733. The molecule has 130 heavy (non-hydrogen) atoms. The maximum Gasteiger partial charge on any atom is 0.490 e. The third kappa shape index (κ3) is 22.2. The van der Waals surface area contributed by atoms with Gasteiger partial charge < -0.3 is 46.5 Å². The molecule has 7 aromatic carbocycles. The number of alkyl halides is 3. The summed E-state index contributed by atoms with van der Waals surface area (Å²) in [6.07, 6.45) is -3.56. The van der Waals surface area contributed by atoms with Crippen LogP contribution in [0.25, 0.3) is 49.8 Å². The molecule has 0 radical (unpaired) electrons. The van der Waals surface area contributed by atoms with Gasteiger partial charge in [-0.1, -0.05) is 48.5 Å². The van der Waals surface area contributed by atoms with Crippen molar-refractivity contribution >= 4 is 176 Å². The van der Waals surface area contributed by atoms with Crippen molar-refractivity contribution in [1.82, 2.24) is 41.1 Å². The second kappa shape index (κ2) is 42.6. The molecule has 40 heteroatoms. The summed E-state index contributed by atoms with van der Waals surface area (Å²) >= 11 is 5.89. The molecule has 680 valence electrons. The van der Waals surface area contributed by atoms with E-state index in [-0.39, 0.29) is 140 Å². The first-order chi connectivity index (χ1) is 61.7. The smallest absolute Gasteiger partial charge is 0.459 e. The van der Waals surface area contributed by atoms with Crippen molar-refractivity contribution in [3.8, 4) is 17.1 Å². The van der Waals surface area contributed by atoms with Gasteiger partial charge in [-0.05, 0) is 242 Å². The van der Waals surface area contributed by atoms with Gasteiger partial charge in [0, 0.05) is 119 Å². The molecular formula is C90H86F6I3N15O16. The number of rotatable bonds is 28. The second-order valence-electron chi connectivity index (χ2n) is 29.9. The van der Waals surface area contributed by atoms with E-state index in [4.69, 9.17) is 4.74 Å². The fraction of sp³-hybridized carbons (Fsp3) is 0.256. The van der Waals surface area contributed by atoms with E-state index in [0.717, 1.165) is 28.4 Å². The van der Waals surface area contributed by atoms with E-state index in [9.17, 15) is 89.4 Å². The van der Waals surface area contributed by atoms with Crippen LogP contribution in [0.3, 0.4) is 0 Å². The Morgan fingerprint density at radius 3 is 1.02 bits per heavy atom. The Labute approximate surface area is 775 Å². The quantitative estimate of drug-likeness (QED) is 0.0104. The molecular weight excluding hydrogens is 2040 g/mol. The van der Waals surface area contributed by atoms with Crippen LogP contribution in [-0.4, -0.2) is 95.9 Å². The minimum atomic E-state index is -5.16. The Morgan fingerprint density at radius 1 is 0.400 bits per heavy atom. The number of anilines is 9. The summed E-state index contributed by atoms with van der Waals surface area (Å²) in [5, 5.41) is 25.8. The minimum absolute atomic E-state index is 0.0127. The first-order valence-corrected chi connectivity index (χ1v) is 43.4. The molecule has 6 heterocycles. The number of esters is 1. The topological polar surface area (TPSA) is 377 Å². The maximum absolute atomic E-state index is 15.0. The van der Waals surface area contributed by atoms with E-state index in [1.54, 1.807) is 85.8 Å². The number of hydrogen-bond donors (Lipinski definition) is 7. The van der Waals surface area contributed by atoms with E-state index in [1.165, 1.54) is 123 Å². The van der Waals surface area contributed by atoms with Gasteiger partial charge >= 0.3 is 29.2 Å². The molecule has 0 aliphatic carbocycles. The maximum atomic E-state index is 15.0. The number of nitrogens with one attached hydrogen (secondary N) is 6. The highest BCUT2D eigenvalue weighted by Crippen LogP contribution is 2.33. The van der Waals surface area contributed by atoms with Crippen LogP contribution in [0, 0.1) is 48.9 Å². The van der Waals surface area contributed by atoms with E-state index < -0.39 is 92.5 Å². The van der Waals surface area contributed by atoms with Crippen LogP contribution < -0.4 is 82.3 Å². The average molecular weight is 2130 g/mol. The van der Waals surface area contributed by atoms with Gasteiger partial charge in [-0.25, -0.2) is 32.3 Å². The SMILES string of the molecule is CC(=O)Nc1cccc(-n2c(=O)n(CCCCO)c(=O)c3c(Nc4ccc(I)cc4F)n(C)c(=O)c(C)c32)c1.CC(=O)Nc1cccc(-n2c(=O)n(CCCCOC(=O)C(F)(F)F)c(=O)c3c(Nc4ccc(I)cc4F)n(C)c(=O)c(C)c32)c1.CC(=O)Nc1cccc(-n2c(=O)n(CCCCOCc3ccccc3)c(=O)c3c(Nc4ccc(I)cc4F)n(C)c(=O)c(C)c32)c1. The fourth-order valence-electron chi connectivity index (χ4n) is 14.4. The summed E-state index contributed by atoms with van der Waals surface area (Å²) in [6, 6.07) is 42.2. The number of unbranched alkanes of at least 4 members (excludes halogenated alkanes) is 3. The van der Waals surface area contributed by atoms with Gasteiger partial charge in [0.15, 0.2) is 0 Å². The van der Waals surface area contributed by atoms with Crippen LogP contribution in [0.5, 0.6) is 0 Å². The highest BCUT2D eigenvalue weighted by molar-refractivity contribution is 14.1. The monoisotopic (exact) mass is 2130 g/mol. The third-order valence-corrected chi connectivity index (χ3v) is 22.6. The predicted octanol–water partition coefficient (Wildman–Crippen LogP) is 13.5. The first kappa shape index (κ1) is 97.8. The first-order valence-electron chi connectivity index (χ1n) is 40.2. The summed E-state index contributed by atoms with van der Waals surface area (Å²) in [6.45, 7) is 8.43. The number of nitrogens with zero attached hydrogens (tertiary/aromatic N) is 9. The lowest BCUT2D eigenvalue weighted by Crippen LogP contribution is -2.41. The molecule has 31 nitrogen and oxygen atoms in total. The van der Waals surface area contributed by atoms with Gasteiger partial charge in [0.1, 0.15) is 51.1 Å². The minimum Gasteiger partial charge on any atom is -0.459 e. The number of aromatic nitrogens is 9. The van der Waals surface area contributed by atoms with Crippen molar-refractivity contribution in [1.29, 1.82) is 0 Å². The zero-order valence-corrected chi connectivity index (χ0v) is 77.7. The van der Waals surface area contributed by atoms with Gasteiger partial charge in [-0.2, -0.15) is 13.2 Å². The summed E-state index contributed by atoms with van der Waals surface area (Å²) in [7, 11) is 4.32. The van der Waals surface area contributed by atoms with E-state index in [1.807, 2.05) is 98.1 Å². The molecule has 0 bridgehead atoms. The second-order valence-corrected chi connectivity index (χ2v) is 33.6. The zero-order chi connectivity index (χ0) is 94.6. The number of aryl methyl sites for hydroxylation is 3. The number of aliphatic hydroxyl groups is 1. The van der Waals surface area contributed by atoms with Gasteiger partial charge in [0.05, 0.1) is 63.9 Å². The molecule has 0 aliphatic rings. The lowest BCUT2D eigenvalue weighted by molar-refractivity contribution is -0.199. The lowest BCUT2D eigenvalue weighted by Gasteiger charge is -2.21. The summed E-state index contributed by atoms with van der Waals surface area (Å²) < 4.78 is 104. The molecule has 6 aromatic heterocycles. The summed E-state index contributed by atoms with van der Waals surface area (Å²) in [4.78, 5) is 171. The van der Waals surface area contributed by atoms with Crippen LogP contribution in [0.2, 0.25) is 0 Å². The number of aliphatic hydroxyl groups excluding tert-OH is 1. The van der Waals surface area contributed by atoms with Crippen molar-refractivity contribution < 1.29 is 60.1 Å². The molecule has 0 spiro atoms. The number of carbonyl (C=O) groups is 4. The van der Waals surface area contributed by atoms with Crippen molar-refractivity contribution in [2.75, 3.05) is 51.7 Å². The Hall–Kier alpha value is -12.8. The molecule has 0 atom stereocenters. The van der Waals surface area contributed by atoms with Gasteiger partial charge in [-0.3, -0.25) is 84.3 Å². The number of hydrogen-bond acceptors (Lipinski definition) is 19. The number of benzene rings is 7. The van der Waals surface area contributed by atoms with Crippen LogP contribution in [-0.2, 0) is 76.0 Å². The van der Waals surface area contributed by atoms with E-state index >= 15 is 4.39 Å². The van der Waals surface area contributed by atoms with E-state index in [0.29, 0.717) is 78.0 Å². The Morgan fingerprint density at radius 2 is 0.715 bits per heavy atom. The molecule has 0 unspecified atom stereocenters. The Kier molecular flexibility index (Phi) is 32.1. The molecule has 0 aliphatic heterocycles. The van der Waals surface area contributed by atoms with Gasteiger partial charge in [0.25, 0.3) is 33.4 Å². The normalized spacial score (nSPS) is 11.3. The predicted molar refractivity (Wildman–Crippen MR) is 509 cm³/mol. The van der Waals surface area contributed by atoms with Crippen LogP contribution >= 0.6 is 67.8 Å². The standard InChI is InChI=1S/C34H33FIN5O5.C29H26F4IN5O6.C27H27FIN5O5/c1-21-30-29(31(39(3)32(21)43)38-28-15-14-24(36)18-27(28)35)33(44)40(16-7-8-17-46-20-23-10-5-4-6-11-23)34(45)41(30)26-13-9-12-25(19-26)37-22(2)42;1-15-23-22(24(37(3)25(15)41)36-21-10-9-17(34)13-20(21)30)26(42)38(11-4-5-12-45-27(43)29(31,32)33)28(44)39(23)19-8-6-7-18(14-19)35-16(2)40;1-15-23-22(24(32(3)25(15)37)31-21-10-9-17(29)13-20(21)28)26(38)33(11-4-5-12-35)27(39)34(23)19-8-6-7-18(14-19)30-16(2)36/h4-6,9-15,18-19,38H,7-8,16-17,20H2,1-3H3,(H,37,42);6-10,13-14,36H,4-5,11-12H2,1-3H3,(H,35,40);6-10,13-14,31,35H,4-5,11-12H2,1-3H3,(H,30,36). The Balaban J connectivity index is 0.000000189. The van der Waals surface area contributed by atoms with Crippen molar-refractivity contribution in [2.45, 2.75) is 112 Å².